The molecule has 0 saturated carbocycles. The van der Waals surface area contributed by atoms with Gasteiger partial charge in [0.15, 0.2) is 0 Å². The van der Waals surface area contributed by atoms with E-state index >= 15 is 0 Å². The Morgan fingerprint density at radius 3 is 2.74 bits per heavy atom. The Labute approximate surface area is 125 Å². The molecule has 0 bridgehead atoms. The van der Waals surface area contributed by atoms with Gasteiger partial charge < -0.3 is 15.0 Å². The van der Waals surface area contributed by atoms with Crippen LogP contribution in [0.4, 0.5) is 11.6 Å². The van der Waals surface area contributed by atoms with Crippen LogP contribution in [0.15, 0.2) is 6.07 Å². The monoisotopic (exact) mass is 305 g/mol. The minimum atomic E-state index is 0.549. The molecule has 0 spiro atoms. The highest BCUT2D eigenvalue weighted by Gasteiger charge is 2.12. The summed E-state index contributed by atoms with van der Waals surface area (Å²) >= 11 is 12.3. The number of rotatable bonds is 8. The Bertz CT molecular complexity index is 402. The minimum absolute atomic E-state index is 0.549. The summed E-state index contributed by atoms with van der Waals surface area (Å²) in [5.74, 6) is 1.42. The zero-order chi connectivity index (χ0) is 14.3. The summed E-state index contributed by atoms with van der Waals surface area (Å²) in [5, 5.41) is 4.31. The predicted octanol–water partition coefficient (Wildman–Crippen LogP) is 3.68. The molecule has 0 aliphatic carbocycles. The first-order valence-corrected chi connectivity index (χ1v) is 7.15. The Morgan fingerprint density at radius 2 is 2.11 bits per heavy atom. The van der Waals surface area contributed by atoms with Crippen molar-refractivity contribution in [1.82, 2.24) is 4.98 Å². The van der Waals surface area contributed by atoms with Crippen LogP contribution in [0.3, 0.4) is 0 Å². The molecule has 1 aromatic rings. The summed E-state index contributed by atoms with van der Waals surface area (Å²) in [7, 11) is 3.65. The zero-order valence-electron chi connectivity index (χ0n) is 11.7. The molecule has 1 heterocycles. The molecule has 0 radical (unpaired) electrons. The molecule has 6 heteroatoms. The average molecular weight is 306 g/mol. The summed E-state index contributed by atoms with van der Waals surface area (Å²) in [6.45, 7) is 4.47. The molecule has 1 N–H and O–H groups in total. The molecule has 1 aromatic heterocycles. The van der Waals surface area contributed by atoms with Gasteiger partial charge in [-0.25, -0.2) is 4.98 Å². The van der Waals surface area contributed by atoms with Gasteiger partial charge in [0, 0.05) is 33.9 Å². The van der Waals surface area contributed by atoms with Crippen LogP contribution in [-0.4, -0.2) is 38.8 Å². The SMILES string of the molecule is CCCNc1nc(N(C)CCCOC)c(Cl)cc1Cl. The van der Waals surface area contributed by atoms with E-state index in [4.69, 9.17) is 27.9 Å². The molecule has 1 rings (SSSR count). The van der Waals surface area contributed by atoms with Gasteiger partial charge in [-0.3, -0.25) is 0 Å². The van der Waals surface area contributed by atoms with Crippen LogP contribution in [0.25, 0.3) is 0 Å². The molecule has 0 aliphatic rings. The summed E-state index contributed by atoms with van der Waals surface area (Å²) in [6.07, 6.45) is 1.94. The maximum absolute atomic E-state index is 6.20. The molecule has 0 fully saturated rings. The van der Waals surface area contributed by atoms with E-state index in [1.807, 2.05) is 11.9 Å². The third kappa shape index (κ3) is 5.05. The molecule has 0 atom stereocenters. The van der Waals surface area contributed by atoms with Crippen LogP contribution in [0.1, 0.15) is 19.8 Å². The van der Waals surface area contributed by atoms with Crippen molar-refractivity contribution in [3.05, 3.63) is 16.1 Å². The van der Waals surface area contributed by atoms with E-state index in [9.17, 15) is 0 Å². The lowest BCUT2D eigenvalue weighted by atomic mass is 10.3. The van der Waals surface area contributed by atoms with Crippen LogP contribution in [0.5, 0.6) is 0 Å². The fraction of sp³-hybridized carbons (Fsp3) is 0.615. The first-order valence-electron chi connectivity index (χ1n) is 6.40. The van der Waals surface area contributed by atoms with Crippen LogP contribution in [0.2, 0.25) is 10.0 Å². The molecule has 0 saturated heterocycles. The maximum Gasteiger partial charge on any atom is 0.149 e. The lowest BCUT2D eigenvalue weighted by molar-refractivity contribution is 0.196. The Kier molecular flexibility index (Phi) is 7.28. The van der Waals surface area contributed by atoms with E-state index in [2.05, 4.69) is 17.2 Å². The summed E-state index contributed by atoms with van der Waals surface area (Å²) in [6, 6.07) is 1.73. The van der Waals surface area contributed by atoms with E-state index in [0.717, 1.165) is 38.4 Å². The second kappa shape index (κ2) is 8.46. The van der Waals surface area contributed by atoms with Crippen molar-refractivity contribution in [3.63, 3.8) is 0 Å². The number of hydrogen-bond acceptors (Lipinski definition) is 4. The first kappa shape index (κ1) is 16.3. The number of nitrogens with one attached hydrogen (secondary N) is 1. The van der Waals surface area contributed by atoms with Crippen molar-refractivity contribution >= 4 is 34.8 Å². The van der Waals surface area contributed by atoms with Crippen LogP contribution in [0, 0.1) is 0 Å². The van der Waals surface area contributed by atoms with Gasteiger partial charge in [-0.2, -0.15) is 0 Å². The van der Waals surface area contributed by atoms with Crippen molar-refractivity contribution in [1.29, 1.82) is 0 Å². The topological polar surface area (TPSA) is 37.4 Å². The number of anilines is 2. The predicted molar refractivity (Wildman–Crippen MR) is 82.8 cm³/mol. The van der Waals surface area contributed by atoms with Crippen molar-refractivity contribution < 1.29 is 4.74 Å². The van der Waals surface area contributed by atoms with Gasteiger partial charge in [0.05, 0.1) is 10.0 Å². The minimum Gasteiger partial charge on any atom is -0.385 e. The summed E-state index contributed by atoms with van der Waals surface area (Å²) in [5.41, 5.74) is 0. The molecule has 19 heavy (non-hydrogen) atoms. The highest BCUT2D eigenvalue weighted by molar-refractivity contribution is 6.37. The highest BCUT2D eigenvalue weighted by Crippen LogP contribution is 2.31. The van der Waals surface area contributed by atoms with E-state index in [1.54, 1.807) is 13.2 Å². The maximum atomic E-state index is 6.20. The number of aromatic nitrogens is 1. The second-order valence-electron chi connectivity index (χ2n) is 4.32. The van der Waals surface area contributed by atoms with Gasteiger partial charge in [-0.1, -0.05) is 30.1 Å². The molecule has 108 valence electrons. The number of nitrogens with zero attached hydrogens (tertiary/aromatic N) is 2. The Balaban J connectivity index is 2.80. The quantitative estimate of drug-likeness (QED) is 0.743. The first-order chi connectivity index (χ1) is 9.10. The van der Waals surface area contributed by atoms with Gasteiger partial charge in [-0.05, 0) is 18.9 Å². The van der Waals surface area contributed by atoms with Gasteiger partial charge in [0.2, 0.25) is 0 Å². The van der Waals surface area contributed by atoms with Crippen molar-refractivity contribution in [3.8, 4) is 0 Å². The normalized spacial score (nSPS) is 10.6. The lowest BCUT2D eigenvalue weighted by Gasteiger charge is -2.20. The van der Waals surface area contributed by atoms with Gasteiger partial charge in [0.25, 0.3) is 0 Å². The van der Waals surface area contributed by atoms with E-state index in [0.29, 0.717) is 15.9 Å². The van der Waals surface area contributed by atoms with E-state index < -0.39 is 0 Å². The van der Waals surface area contributed by atoms with Gasteiger partial charge in [0.1, 0.15) is 11.6 Å². The van der Waals surface area contributed by atoms with Crippen LogP contribution < -0.4 is 10.2 Å². The summed E-state index contributed by atoms with van der Waals surface area (Å²) < 4.78 is 5.04. The zero-order valence-corrected chi connectivity index (χ0v) is 13.2. The molecular formula is C13H21Cl2N3O. The molecular weight excluding hydrogens is 285 g/mol. The second-order valence-corrected chi connectivity index (χ2v) is 5.13. The largest absolute Gasteiger partial charge is 0.385 e. The third-order valence-electron chi connectivity index (χ3n) is 2.66. The van der Waals surface area contributed by atoms with E-state index in [-0.39, 0.29) is 0 Å². The van der Waals surface area contributed by atoms with E-state index in [1.165, 1.54) is 0 Å². The van der Waals surface area contributed by atoms with Crippen molar-refractivity contribution in [2.75, 3.05) is 44.1 Å². The summed E-state index contributed by atoms with van der Waals surface area (Å²) in [4.78, 5) is 6.51. The Hall–Kier alpha value is -0.710. The van der Waals surface area contributed by atoms with Crippen LogP contribution >= 0.6 is 23.2 Å². The number of pyridine rings is 1. The molecule has 0 aromatic carbocycles. The lowest BCUT2D eigenvalue weighted by Crippen LogP contribution is -2.21. The Morgan fingerprint density at radius 1 is 1.37 bits per heavy atom. The smallest absolute Gasteiger partial charge is 0.149 e. The fourth-order valence-electron chi connectivity index (χ4n) is 1.64. The van der Waals surface area contributed by atoms with Gasteiger partial charge >= 0.3 is 0 Å². The average Bonchev–Trinajstić information content (AvgIpc) is 2.38. The molecule has 4 nitrogen and oxygen atoms in total. The number of methoxy groups -OCH3 is 1. The van der Waals surface area contributed by atoms with Crippen molar-refractivity contribution in [2.24, 2.45) is 0 Å². The molecule has 0 unspecified atom stereocenters. The number of halogens is 2. The number of ether oxygens (including phenoxy) is 1. The highest BCUT2D eigenvalue weighted by atomic mass is 35.5. The van der Waals surface area contributed by atoms with Crippen LogP contribution in [-0.2, 0) is 4.74 Å². The fourth-order valence-corrected chi connectivity index (χ4v) is 2.21. The standard InChI is InChI=1S/C13H21Cl2N3O/c1-4-6-16-12-10(14)9-11(15)13(17-12)18(2)7-5-8-19-3/h9H,4-8H2,1-3H3,(H,16,17). The molecule has 0 amide bonds. The molecule has 0 aliphatic heterocycles. The van der Waals surface area contributed by atoms with Gasteiger partial charge in [-0.15, -0.1) is 0 Å². The van der Waals surface area contributed by atoms with Crippen molar-refractivity contribution in [2.45, 2.75) is 19.8 Å². The number of hydrogen-bond donors (Lipinski definition) is 1. The third-order valence-corrected chi connectivity index (χ3v) is 3.22.